The van der Waals surface area contributed by atoms with Gasteiger partial charge in [0.15, 0.2) is 11.5 Å². The number of nitrogens with one attached hydrogen (secondary N) is 1. The summed E-state index contributed by atoms with van der Waals surface area (Å²) in [5.41, 5.74) is 5.74. The molecular weight excluding hydrogens is 276 g/mol. The van der Waals surface area contributed by atoms with E-state index in [2.05, 4.69) is 4.98 Å². The maximum Gasteiger partial charge on any atom is 0.273 e. The lowest BCUT2D eigenvalue weighted by Crippen LogP contribution is -2.11. The second-order valence-corrected chi connectivity index (χ2v) is 3.99. The van der Waals surface area contributed by atoms with E-state index in [-0.39, 0.29) is 28.9 Å². The monoisotopic (exact) mass is 288 g/mol. The molecule has 1 aromatic heterocycles. The number of non-ortho nitro benzene ring substituents is 1. The molecule has 0 fully saturated rings. The number of nitro benzene ring substituents is 1. The second-order valence-electron chi connectivity index (χ2n) is 3.99. The molecule has 0 aliphatic rings. The molecule has 0 atom stereocenters. The fraction of sp³-hybridized carbons (Fsp3) is 0.0769. The first kappa shape index (κ1) is 14.3. The summed E-state index contributed by atoms with van der Waals surface area (Å²) in [4.78, 5) is 14.2. The highest BCUT2D eigenvalue weighted by molar-refractivity contribution is 5.95. The van der Waals surface area contributed by atoms with Crippen LogP contribution in [0.5, 0.6) is 17.4 Å². The van der Waals surface area contributed by atoms with Gasteiger partial charge in [0.05, 0.1) is 18.1 Å². The van der Waals surface area contributed by atoms with E-state index >= 15 is 0 Å². The first-order chi connectivity index (χ1) is 10.0. The Balaban J connectivity index is 2.33. The number of pyridine rings is 1. The van der Waals surface area contributed by atoms with Crippen molar-refractivity contribution in [3.8, 4) is 17.4 Å². The van der Waals surface area contributed by atoms with Crippen LogP contribution in [0.25, 0.3) is 0 Å². The highest BCUT2D eigenvalue weighted by Gasteiger charge is 2.13. The van der Waals surface area contributed by atoms with Crippen LogP contribution in [0.2, 0.25) is 0 Å². The molecule has 0 saturated heterocycles. The van der Waals surface area contributed by atoms with Gasteiger partial charge in [0.2, 0.25) is 5.88 Å². The summed E-state index contributed by atoms with van der Waals surface area (Å²) in [6.45, 7) is 0. The first-order valence-electron chi connectivity index (χ1n) is 5.82. The smallest absolute Gasteiger partial charge is 0.273 e. The van der Waals surface area contributed by atoms with Crippen LogP contribution in [0.3, 0.4) is 0 Å². The molecule has 3 N–H and O–H groups in total. The molecule has 0 radical (unpaired) electrons. The lowest BCUT2D eigenvalue weighted by molar-refractivity contribution is -0.384. The van der Waals surface area contributed by atoms with Gasteiger partial charge >= 0.3 is 0 Å². The Morgan fingerprint density at radius 1 is 1.33 bits per heavy atom. The molecule has 2 rings (SSSR count). The van der Waals surface area contributed by atoms with Crippen LogP contribution in [-0.4, -0.2) is 22.9 Å². The van der Waals surface area contributed by atoms with Crippen molar-refractivity contribution in [1.82, 2.24) is 4.98 Å². The van der Waals surface area contributed by atoms with Gasteiger partial charge in [0, 0.05) is 23.9 Å². The zero-order valence-corrected chi connectivity index (χ0v) is 11.1. The van der Waals surface area contributed by atoms with Crippen molar-refractivity contribution >= 4 is 11.5 Å². The zero-order valence-electron chi connectivity index (χ0n) is 11.1. The quantitative estimate of drug-likeness (QED) is 0.375. The zero-order chi connectivity index (χ0) is 15.4. The van der Waals surface area contributed by atoms with Crippen molar-refractivity contribution in [3.05, 3.63) is 52.2 Å². The molecule has 0 amide bonds. The van der Waals surface area contributed by atoms with Crippen LogP contribution in [0.15, 0.2) is 36.5 Å². The minimum absolute atomic E-state index is 0.107. The molecule has 21 heavy (non-hydrogen) atoms. The lowest BCUT2D eigenvalue weighted by atomic mass is 10.2. The number of hydrogen-bond donors (Lipinski definition) is 2. The Labute approximate surface area is 119 Å². The van der Waals surface area contributed by atoms with Crippen molar-refractivity contribution in [2.75, 3.05) is 7.11 Å². The van der Waals surface area contributed by atoms with Crippen molar-refractivity contribution in [3.63, 3.8) is 0 Å². The summed E-state index contributed by atoms with van der Waals surface area (Å²) in [5, 5.41) is 18.1. The third-order valence-electron chi connectivity index (χ3n) is 2.62. The number of ether oxygens (including phenoxy) is 2. The van der Waals surface area contributed by atoms with Gasteiger partial charge in [-0.3, -0.25) is 15.5 Å². The van der Waals surface area contributed by atoms with Gasteiger partial charge in [0.1, 0.15) is 5.84 Å². The number of rotatable bonds is 5. The Kier molecular flexibility index (Phi) is 3.98. The molecule has 1 heterocycles. The molecule has 0 spiro atoms. The minimum atomic E-state index is -0.527. The number of hydrogen-bond acceptors (Lipinski definition) is 6. The van der Waals surface area contributed by atoms with Gasteiger partial charge in [-0.25, -0.2) is 4.98 Å². The summed E-state index contributed by atoms with van der Waals surface area (Å²) in [6.07, 6.45) is 1.45. The van der Waals surface area contributed by atoms with Crippen molar-refractivity contribution in [2.45, 2.75) is 0 Å². The summed E-state index contributed by atoms with van der Waals surface area (Å²) in [6, 6.07) is 7.03. The van der Waals surface area contributed by atoms with Crippen molar-refractivity contribution in [1.29, 1.82) is 5.41 Å². The molecular formula is C13H12N4O4. The van der Waals surface area contributed by atoms with Crippen LogP contribution in [0.1, 0.15) is 5.56 Å². The Bertz CT molecular complexity index is 702. The van der Waals surface area contributed by atoms with Crippen LogP contribution < -0.4 is 15.2 Å². The SMILES string of the molecule is COc1cc([N+](=O)[O-])ccc1Oc1cc(C(=N)N)ccn1. The van der Waals surface area contributed by atoms with Gasteiger partial charge < -0.3 is 15.2 Å². The molecule has 0 saturated carbocycles. The topological polar surface area (TPSA) is 124 Å². The fourth-order valence-electron chi connectivity index (χ4n) is 1.60. The number of methoxy groups -OCH3 is 1. The fourth-order valence-corrected chi connectivity index (χ4v) is 1.60. The Morgan fingerprint density at radius 3 is 2.71 bits per heavy atom. The van der Waals surface area contributed by atoms with Gasteiger partial charge in [-0.1, -0.05) is 0 Å². The highest BCUT2D eigenvalue weighted by atomic mass is 16.6. The number of nitrogens with zero attached hydrogens (tertiary/aromatic N) is 2. The molecule has 108 valence electrons. The predicted molar refractivity (Wildman–Crippen MR) is 75.0 cm³/mol. The molecule has 0 unspecified atom stereocenters. The number of nitro groups is 1. The number of nitrogens with two attached hydrogens (primary N) is 1. The summed E-state index contributed by atoms with van der Waals surface area (Å²) in [7, 11) is 1.38. The molecule has 2 aromatic rings. The van der Waals surface area contributed by atoms with Crippen LogP contribution in [-0.2, 0) is 0 Å². The number of amidine groups is 1. The van der Waals surface area contributed by atoms with Crippen molar-refractivity contribution in [2.24, 2.45) is 5.73 Å². The molecule has 8 heteroatoms. The van der Waals surface area contributed by atoms with Gasteiger partial charge in [0.25, 0.3) is 5.69 Å². The van der Waals surface area contributed by atoms with E-state index in [0.717, 1.165) is 0 Å². The third kappa shape index (κ3) is 3.24. The normalized spacial score (nSPS) is 9.95. The summed E-state index contributed by atoms with van der Waals surface area (Å²) in [5.74, 6) is 0.572. The number of aromatic nitrogens is 1. The van der Waals surface area contributed by atoms with E-state index in [4.69, 9.17) is 20.6 Å². The van der Waals surface area contributed by atoms with E-state index in [1.165, 1.54) is 37.6 Å². The molecule has 0 aliphatic heterocycles. The van der Waals surface area contributed by atoms with Gasteiger partial charge in [-0.15, -0.1) is 0 Å². The minimum Gasteiger partial charge on any atom is -0.493 e. The Morgan fingerprint density at radius 2 is 2.10 bits per heavy atom. The van der Waals surface area contributed by atoms with Crippen molar-refractivity contribution < 1.29 is 14.4 Å². The highest BCUT2D eigenvalue weighted by Crippen LogP contribution is 2.33. The maximum absolute atomic E-state index is 10.7. The standard InChI is InChI=1S/C13H12N4O4/c1-20-11-7-9(17(18)19)2-3-10(11)21-12-6-8(13(14)15)4-5-16-12/h2-7H,1H3,(H3,14,15). The van der Waals surface area contributed by atoms with Gasteiger partial charge in [-0.2, -0.15) is 0 Å². The summed E-state index contributed by atoms with van der Waals surface area (Å²) < 4.78 is 10.6. The largest absolute Gasteiger partial charge is 0.493 e. The third-order valence-corrected chi connectivity index (χ3v) is 2.62. The van der Waals surface area contributed by atoms with E-state index < -0.39 is 4.92 Å². The summed E-state index contributed by atoms with van der Waals surface area (Å²) >= 11 is 0. The van der Waals surface area contributed by atoms with E-state index in [0.29, 0.717) is 5.56 Å². The maximum atomic E-state index is 10.7. The molecule has 1 aromatic carbocycles. The van der Waals surface area contributed by atoms with E-state index in [1.807, 2.05) is 0 Å². The molecule has 0 bridgehead atoms. The number of nitrogen functional groups attached to an aromatic ring is 1. The molecule has 0 aliphatic carbocycles. The number of benzene rings is 1. The van der Waals surface area contributed by atoms with E-state index in [1.54, 1.807) is 6.07 Å². The average molecular weight is 288 g/mol. The van der Waals surface area contributed by atoms with Crippen LogP contribution >= 0.6 is 0 Å². The lowest BCUT2D eigenvalue weighted by Gasteiger charge is -2.09. The predicted octanol–water partition coefficient (Wildman–Crippen LogP) is 2.07. The second kappa shape index (κ2) is 5.87. The Hall–Kier alpha value is -3.16. The molecule has 8 nitrogen and oxygen atoms in total. The van der Waals surface area contributed by atoms with E-state index in [9.17, 15) is 10.1 Å². The first-order valence-corrected chi connectivity index (χ1v) is 5.82. The average Bonchev–Trinajstić information content (AvgIpc) is 2.47. The van der Waals surface area contributed by atoms with Crippen LogP contribution in [0, 0.1) is 15.5 Å². The van der Waals surface area contributed by atoms with Crippen LogP contribution in [0.4, 0.5) is 5.69 Å². The van der Waals surface area contributed by atoms with Gasteiger partial charge in [-0.05, 0) is 12.1 Å².